The largest absolute Gasteiger partial charge is 0.474 e. The van der Waals surface area contributed by atoms with E-state index in [-0.39, 0.29) is 18.6 Å². The van der Waals surface area contributed by atoms with E-state index in [1.807, 2.05) is 37.0 Å². The van der Waals surface area contributed by atoms with Crippen molar-refractivity contribution in [3.63, 3.8) is 0 Å². The number of nitrogens with zero attached hydrogens (tertiary/aromatic N) is 2. The van der Waals surface area contributed by atoms with Crippen LogP contribution in [0.15, 0.2) is 55.0 Å². The quantitative estimate of drug-likeness (QED) is 0.494. The molecule has 0 saturated heterocycles. The molecule has 1 aliphatic heterocycles. The van der Waals surface area contributed by atoms with Gasteiger partial charge in [0.1, 0.15) is 11.8 Å². The number of ether oxygens (including phenoxy) is 1. The average Bonchev–Trinajstić information content (AvgIpc) is 3.24. The molecule has 2 aromatic carbocycles. The van der Waals surface area contributed by atoms with Crippen molar-refractivity contribution in [3.05, 3.63) is 82.4 Å². The summed E-state index contributed by atoms with van der Waals surface area (Å²) in [5.74, 6) is -0.566. The normalized spacial score (nSPS) is 18.2. The number of nitrogens with one attached hydrogen (secondary N) is 2. The second-order valence-electron chi connectivity index (χ2n) is 8.10. The Morgan fingerprint density at radius 2 is 2.03 bits per heavy atom. The van der Waals surface area contributed by atoms with E-state index in [1.54, 1.807) is 36.7 Å². The lowest BCUT2D eigenvalue weighted by molar-refractivity contribution is -0.119. The number of carbonyl (C=O) groups is 2. The van der Waals surface area contributed by atoms with Crippen LogP contribution in [0.25, 0.3) is 0 Å². The molecule has 4 N–H and O–H groups in total. The molecule has 3 atom stereocenters. The van der Waals surface area contributed by atoms with Gasteiger partial charge in [0.05, 0.1) is 11.9 Å². The number of hydrogen-bond donors (Lipinski definition) is 3. The Kier molecular flexibility index (Phi) is 6.67. The highest BCUT2D eigenvalue weighted by Gasteiger charge is 2.33. The monoisotopic (exact) mass is 467 g/mol. The van der Waals surface area contributed by atoms with Gasteiger partial charge in [-0.3, -0.25) is 14.9 Å². The second kappa shape index (κ2) is 9.64. The van der Waals surface area contributed by atoms with Crippen molar-refractivity contribution >= 4 is 23.4 Å². The molecular formula is C24H26ClN5O3. The third-order valence-corrected chi connectivity index (χ3v) is 6.16. The molecule has 0 spiro atoms. The Labute approximate surface area is 197 Å². The molecule has 0 aliphatic carbocycles. The van der Waals surface area contributed by atoms with Crippen molar-refractivity contribution in [2.24, 2.45) is 12.8 Å². The fraction of sp³-hybridized carbons (Fsp3) is 0.292. The number of primary amides is 1. The molecule has 1 aliphatic rings. The first-order valence-corrected chi connectivity index (χ1v) is 11.0. The van der Waals surface area contributed by atoms with E-state index < -0.39 is 17.9 Å². The minimum absolute atomic E-state index is 0.00699. The van der Waals surface area contributed by atoms with Crippen molar-refractivity contribution in [2.45, 2.75) is 31.0 Å². The molecule has 172 valence electrons. The summed E-state index contributed by atoms with van der Waals surface area (Å²) in [6.07, 6.45) is 4.24. The lowest BCUT2D eigenvalue weighted by Gasteiger charge is -2.33. The first kappa shape index (κ1) is 22.8. The van der Waals surface area contributed by atoms with Crippen molar-refractivity contribution in [1.29, 1.82) is 0 Å². The molecule has 9 heteroatoms. The minimum Gasteiger partial charge on any atom is -0.474 e. The van der Waals surface area contributed by atoms with Crippen molar-refractivity contribution < 1.29 is 14.3 Å². The molecule has 3 aromatic rings. The fourth-order valence-electron chi connectivity index (χ4n) is 4.15. The first-order valence-electron chi connectivity index (χ1n) is 10.6. The molecule has 8 nitrogen and oxygen atoms in total. The third-order valence-electron chi connectivity index (χ3n) is 5.91. The Balaban J connectivity index is 1.63. The summed E-state index contributed by atoms with van der Waals surface area (Å²) in [5.41, 5.74) is 8.70. The average molecular weight is 468 g/mol. The van der Waals surface area contributed by atoms with Gasteiger partial charge in [0, 0.05) is 48.3 Å². The first-order chi connectivity index (χ1) is 15.9. The van der Waals surface area contributed by atoms with Gasteiger partial charge in [-0.05, 0) is 30.8 Å². The Bertz CT molecular complexity index is 1160. The van der Waals surface area contributed by atoms with Gasteiger partial charge in [-0.25, -0.2) is 4.98 Å². The summed E-state index contributed by atoms with van der Waals surface area (Å²) in [5, 5.41) is 6.52. The zero-order valence-corrected chi connectivity index (χ0v) is 19.2. The summed E-state index contributed by atoms with van der Waals surface area (Å²) in [4.78, 5) is 29.6. The van der Waals surface area contributed by atoms with Crippen LogP contribution in [0.3, 0.4) is 0 Å². The number of aryl methyl sites for hydroxylation is 1. The Hall–Kier alpha value is -3.36. The molecule has 0 fully saturated rings. The predicted molar refractivity (Wildman–Crippen MR) is 125 cm³/mol. The molecule has 2 amide bonds. The highest BCUT2D eigenvalue weighted by atomic mass is 35.5. The molecule has 0 bridgehead atoms. The Morgan fingerprint density at radius 3 is 2.67 bits per heavy atom. The summed E-state index contributed by atoms with van der Waals surface area (Å²) in [7, 11) is 3.75. The van der Waals surface area contributed by atoms with Crippen LogP contribution < -0.4 is 21.1 Å². The maximum atomic E-state index is 13.3. The number of amides is 2. The number of nitrogens with two attached hydrogens (primary N) is 1. The van der Waals surface area contributed by atoms with Crippen LogP contribution in [0.2, 0.25) is 5.02 Å². The number of rotatable bonds is 7. The summed E-state index contributed by atoms with van der Waals surface area (Å²) in [6, 6.07) is 11.6. The zero-order valence-electron chi connectivity index (χ0n) is 18.4. The van der Waals surface area contributed by atoms with Crippen molar-refractivity contribution in [1.82, 2.24) is 20.2 Å². The molecule has 33 heavy (non-hydrogen) atoms. The van der Waals surface area contributed by atoms with Crippen LogP contribution in [0, 0.1) is 0 Å². The van der Waals surface area contributed by atoms with E-state index in [0.717, 1.165) is 16.8 Å². The van der Waals surface area contributed by atoms with Gasteiger partial charge in [-0.2, -0.15) is 0 Å². The van der Waals surface area contributed by atoms with Gasteiger partial charge in [0.25, 0.3) is 5.91 Å². The maximum absolute atomic E-state index is 13.3. The molecule has 0 radical (unpaired) electrons. The minimum atomic E-state index is -0.883. The molecule has 2 unspecified atom stereocenters. The standard InChI is InChI=1S/C24H26ClN5O3/c1-27-21-11-18(20-12-28-13-30(20)2)16-4-3-5-17(22(16)33-21)24(32)29-19(23(26)31)10-14-6-8-15(25)9-7-14/h3-9,12-13,18-19,21,27H,10-11H2,1-2H3,(H2,26,31)(H,29,32)/t18?,19-,21?/m0/s1. The third kappa shape index (κ3) is 4.86. The van der Waals surface area contributed by atoms with E-state index in [2.05, 4.69) is 15.6 Å². The van der Waals surface area contributed by atoms with Gasteiger partial charge in [-0.15, -0.1) is 0 Å². The maximum Gasteiger partial charge on any atom is 0.255 e. The predicted octanol–water partition coefficient (Wildman–Crippen LogP) is 2.36. The molecule has 1 aromatic heterocycles. The van der Waals surface area contributed by atoms with Gasteiger partial charge in [0.2, 0.25) is 5.91 Å². The summed E-state index contributed by atoms with van der Waals surface area (Å²) < 4.78 is 8.11. The van der Waals surface area contributed by atoms with Gasteiger partial charge < -0.3 is 20.4 Å². The number of para-hydroxylation sites is 1. The van der Waals surface area contributed by atoms with Crippen molar-refractivity contribution in [3.8, 4) is 5.75 Å². The lowest BCUT2D eigenvalue weighted by Crippen LogP contribution is -2.46. The molecule has 2 heterocycles. The summed E-state index contributed by atoms with van der Waals surface area (Å²) >= 11 is 5.94. The Morgan fingerprint density at radius 1 is 1.27 bits per heavy atom. The van der Waals surface area contributed by atoms with Gasteiger partial charge in [0.15, 0.2) is 6.23 Å². The van der Waals surface area contributed by atoms with E-state index in [1.165, 1.54) is 0 Å². The number of hydrogen-bond acceptors (Lipinski definition) is 5. The fourth-order valence-corrected chi connectivity index (χ4v) is 4.27. The van der Waals surface area contributed by atoms with Crippen LogP contribution in [0.1, 0.15) is 39.5 Å². The van der Waals surface area contributed by atoms with E-state index in [4.69, 9.17) is 22.1 Å². The van der Waals surface area contributed by atoms with Crippen LogP contribution in [-0.2, 0) is 18.3 Å². The van der Waals surface area contributed by atoms with Crippen LogP contribution in [0.4, 0.5) is 0 Å². The number of carbonyl (C=O) groups excluding carboxylic acids is 2. The number of imidazole rings is 1. The molecule has 4 rings (SSSR count). The van der Waals surface area contributed by atoms with Crippen LogP contribution in [-0.4, -0.2) is 40.7 Å². The van der Waals surface area contributed by atoms with Gasteiger partial charge >= 0.3 is 0 Å². The molecular weight excluding hydrogens is 442 g/mol. The number of fused-ring (bicyclic) bond motifs is 1. The summed E-state index contributed by atoms with van der Waals surface area (Å²) in [6.45, 7) is 0. The number of aromatic nitrogens is 2. The smallest absolute Gasteiger partial charge is 0.255 e. The lowest BCUT2D eigenvalue weighted by atomic mass is 9.87. The number of benzene rings is 2. The van der Waals surface area contributed by atoms with Crippen LogP contribution in [0.5, 0.6) is 5.75 Å². The highest BCUT2D eigenvalue weighted by molar-refractivity contribution is 6.30. The second-order valence-corrected chi connectivity index (χ2v) is 8.53. The highest BCUT2D eigenvalue weighted by Crippen LogP contribution is 2.41. The van der Waals surface area contributed by atoms with E-state index >= 15 is 0 Å². The van der Waals surface area contributed by atoms with E-state index in [0.29, 0.717) is 22.8 Å². The van der Waals surface area contributed by atoms with Crippen LogP contribution >= 0.6 is 11.6 Å². The SMILES string of the molecule is CNC1CC(c2cncn2C)c2cccc(C(=O)N[C@@H](Cc3ccc(Cl)cc3)C(N)=O)c2O1. The van der Waals surface area contributed by atoms with E-state index in [9.17, 15) is 9.59 Å². The van der Waals surface area contributed by atoms with Crippen molar-refractivity contribution in [2.75, 3.05) is 7.05 Å². The number of halogens is 1. The molecule has 0 saturated carbocycles. The zero-order chi connectivity index (χ0) is 23.5. The topological polar surface area (TPSA) is 111 Å². The van der Waals surface area contributed by atoms with Gasteiger partial charge in [-0.1, -0.05) is 35.9 Å².